The zero-order valence-electron chi connectivity index (χ0n) is 34.4. The fourth-order valence-corrected chi connectivity index (χ4v) is 7.65. The first-order chi connectivity index (χ1) is 25.0. The predicted molar refractivity (Wildman–Crippen MR) is 243 cm³/mol. The zero-order valence-corrected chi connectivity index (χ0v) is 37.8. The number of thiol groups is 2. The van der Waals surface area contributed by atoms with Crippen LogP contribution in [0.5, 0.6) is 0 Å². The summed E-state index contributed by atoms with van der Waals surface area (Å²) in [5.41, 5.74) is 4.36. The first kappa shape index (κ1) is 53.7. The third-order valence-electron chi connectivity index (χ3n) is 8.74. The third kappa shape index (κ3) is 39.2. The number of hydrogen-bond donors (Lipinski definition) is 4. The van der Waals surface area contributed by atoms with Crippen LogP contribution in [0.3, 0.4) is 0 Å². The van der Waals surface area contributed by atoms with Gasteiger partial charge in [-0.05, 0) is 73.6 Å². The second kappa shape index (κ2) is 40.2. The van der Waals surface area contributed by atoms with Crippen LogP contribution in [0.2, 0.25) is 0 Å². The van der Waals surface area contributed by atoms with E-state index in [1.807, 2.05) is 18.7 Å². The minimum Gasteiger partial charge on any atom is -0.304 e. The van der Waals surface area contributed by atoms with E-state index in [9.17, 15) is 14.4 Å². The summed E-state index contributed by atoms with van der Waals surface area (Å²) in [5.74, 6) is 3.80. The van der Waals surface area contributed by atoms with E-state index in [0.29, 0.717) is 24.0 Å². The molecule has 0 aliphatic carbocycles. The summed E-state index contributed by atoms with van der Waals surface area (Å²) in [6.45, 7) is 15.2. The van der Waals surface area contributed by atoms with E-state index in [-0.39, 0.29) is 23.2 Å². The fourth-order valence-electron chi connectivity index (χ4n) is 5.46. The average molecular weight is 801 g/mol. The first-order valence-corrected chi connectivity index (χ1v) is 23.8. The summed E-state index contributed by atoms with van der Waals surface area (Å²) in [6, 6.07) is 0.114. The Balaban J connectivity index is 0. The molecule has 0 fully saturated rings. The molecule has 0 amide bonds. The molecular weight excluding hydrogens is 721 g/mol. The van der Waals surface area contributed by atoms with Gasteiger partial charge in [0.1, 0.15) is 12.6 Å². The number of carbonyl (C=O) groups is 3. The summed E-state index contributed by atoms with van der Waals surface area (Å²) in [4.78, 5) is 33.5. The van der Waals surface area contributed by atoms with Crippen molar-refractivity contribution in [1.29, 1.82) is 0 Å². The minimum absolute atomic E-state index is 0.136. The number of carbonyl (C=O) groups excluding carboxylic acids is 3. The molecule has 304 valence electrons. The number of nitrogens with one attached hydrogen (secondary N) is 2. The molecule has 0 aliphatic heterocycles. The van der Waals surface area contributed by atoms with Gasteiger partial charge >= 0.3 is 0 Å². The van der Waals surface area contributed by atoms with Crippen LogP contribution in [-0.4, -0.2) is 70.6 Å². The Bertz CT molecular complexity index is 953. The van der Waals surface area contributed by atoms with Crippen LogP contribution in [0.15, 0.2) is 34.9 Å². The summed E-state index contributed by atoms with van der Waals surface area (Å²) >= 11 is 11.6. The third-order valence-corrected chi connectivity index (χ3v) is 11.9. The number of aldehydes is 2. The summed E-state index contributed by atoms with van der Waals surface area (Å²) in [6.07, 6.45) is 31.4. The molecule has 0 spiro atoms. The molecule has 52 heavy (non-hydrogen) atoms. The second-order valence-corrected chi connectivity index (χ2v) is 17.5. The monoisotopic (exact) mass is 801 g/mol. The number of hydrogen-bond acceptors (Lipinski definition) is 9. The smallest absolute Gasteiger partial charge is 0.188 e. The maximum absolute atomic E-state index is 11.9. The number of rotatable bonds is 34. The molecule has 0 aromatic rings. The van der Waals surface area contributed by atoms with Crippen molar-refractivity contribution in [3.63, 3.8) is 0 Å². The predicted octanol–water partition coefficient (Wildman–Crippen LogP) is 11.8. The highest BCUT2D eigenvalue weighted by molar-refractivity contribution is 8.13. The Kier molecular flexibility index (Phi) is 41.5. The van der Waals surface area contributed by atoms with E-state index in [0.717, 1.165) is 55.5 Å². The highest BCUT2D eigenvalue weighted by Crippen LogP contribution is 2.16. The van der Waals surface area contributed by atoms with Gasteiger partial charge < -0.3 is 20.2 Å². The SMILES string of the molecule is CC(C)=CCC/C(C)=C/CC/C(C)=C/CSCC(C)N[C@H](C=O)CS.CCCCCCCCCCCCCCCC(=O)SCC(C)N[C@H](C=O)CS. The van der Waals surface area contributed by atoms with Crippen LogP contribution in [0.25, 0.3) is 0 Å². The maximum Gasteiger partial charge on any atom is 0.188 e. The Morgan fingerprint density at radius 3 is 1.52 bits per heavy atom. The molecule has 0 aromatic carbocycles. The van der Waals surface area contributed by atoms with Gasteiger partial charge in [0.2, 0.25) is 0 Å². The summed E-state index contributed by atoms with van der Waals surface area (Å²) in [7, 11) is 0. The standard InChI is InChI=1S/C22H43NO2S2.C21H37NOS2/c1-3-4-5-6-7-8-9-10-11-12-13-14-15-16-22(25)27-19-20(2)23-21(17-24)18-26;1-17(2)8-6-9-18(3)10-7-11-19(4)12-13-25-16-20(5)22-21(14-23)15-24/h17,20-21,23,26H,3-16,18-19H2,1-2H3;8,10,12,14,20-22,24H,6-7,9,11,13,15-16H2,1-5H3/b;18-10+,19-12+/t2*20?,21-/m11/s1. The number of thioether (sulfide) groups is 2. The molecule has 2 unspecified atom stereocenters. The lowest BCUT2D eigenvalue weighted by atomic mass is 10.0. The summed E-state index contributed by atoms with van der Waals surface area (Å²) in [5, 5.41) is 6.73. The molecule has 0 aromatic heterocycles. The van der Waals surface area contributed by atoms with E-state index in [1.54, 1.807) is 0 Å². The van der Waals surface area contributed by atoms with E-state index in [2.05, 4.69) is 95.7 Å². The molecule has 0 saturated heterocycles. The topological polar surface area (TPSA) is 75.3 Å². The molecule has 0 heterocycles. The van der Waals surface area contributed by atoms with Gasteiger partial charge in [0, 0.05) is 47.3 Å². The van der Waals surface area contributed by atoms with E-state index in [4.69, 9.17) is 0 Å². The van der Waals surface area contributed by atoms with Gasteiger partial charge in [-0.25, -0.2) is 0 Å². The Morgan fingerprint density at radius 1 is 0.615 bits per heavy atom. The lowest BCUT2D eigenvalue weighted by Crippen LogP contribution is -2.40. The van der Waals surface area contributed by atoms with Crippen molar-refractivity contribution >= 4 is 66.5 Å². The molecule has 0 radical (unpaired) electrons. The molecule has 4 atom stereocenters. The van der Waals surface area contributed by atoms with Crippen molar-refractivity contribution in [2.75, 3.05) is 28.8 Å². The van der Waals surface area contributed by atoms with Crippen LogP contribution >= 0.6 is 48.8 Å². The Hall–Kier alpha value is -0.450. The summed E-state index contributed by atoms with van der Waals surface area (Å²) < 4.78 is 0. The molecule has 0 bridgehead atoms. The van der Waals surface area contributed by atoms with E-state index >= 15 is 0 Å². The van der Waals surface area contributed by atoms with Crippen LogP contribution < -0.4 is 10.6 Å². The van der Waals surface area contributed by atoms with Crippen LogP contribution in [-0.2, 0) is 14.4 Å². The van der Waals surface area contributed by atoms with Crippen molar-refractivity contribution in [3.8, 4) is 0 Å². The van der Waals surface area contributed by atoms with Gasteiger partial charge in [-0.1, -0.05) is 131 Å². The molecule has 2 N–H and O–H groups in total. The lowest BCUT2D eigenvalue weighted by molar-refractivity contribution is -0.111. The van der Waals surface area contributed by atoms with Crippen LogP contribution in [0.1, 0.15) is 164 Å². The van der Waals surface area contributed by atoms with E-state index < -0.39 is 0 Å². The molecule has 0 rings (SSSR count). The molecule has 0 aliphatic rings. The first-order valence-electron chi connectivity index (χ1n) is 20.3. The van der Waals surface area contributed by atoms with E-state index in [1.165, 1.54) is 112 Å². The van der Waals surface area contributed by atoms with Gasteiger partial charge in [0.05, 0.1) is 12.1 Å². The minimum atomic E-state index is -0.222. The van der Waals surface area contributed by atoms with Crippen molar-refractivity contribution in [2.45, 2.75) is 188 Å². The quantitative estimate of drug-likeness (QED) is 0.0223. The zero-order chi connectivity index (χ0) is 39.2. The Morgan fingerprint density at radius 2 is 1.06 bits per heavy atom. The van der Waals surface area contributed by atoms with Gasteiger partial charge in [-0.3, -0.25) is 4.79 Å². The second-order valence-electron chi connectivity index (χ2n) is 14.7. The molecule has 0 saturated carbocycles. The number of unbranched alkanes of at least 4 members (excludes halogenated alkanes) is 12. The lowest BCUT2D eigenvalue weighted by Gasteiger charge is -2.16. The van der Waals surface area contributed by atoms with Gasteiger partial charge in [-0.15, -0.1) is 0 Å². The highest BCUT2D eigenvalue weighted by Gasteiger charge is 2.12. The molecular formula is C43H80N2O3S4. The largest absolute Gasteiger partial charge is 0.304 e. The average Bonchev–Trinajstić information content (AvgIpc) is 3.12. The molecule has 5 nitrogen and oxygen atoms in total. The van der Waals surface area contributed by atoms with Gasteiger partial charge in [0.25, 0.3) is 0 Å². The normalized spacial score (nSPS) is 14.2. The fraction of sp³-hybridized carbons (Fsp3) is 0.791. The number of allylic oxidation sites excluding steroid dienone is 5. The van der Waals surface area contributed by atoms with Crippen molar-refractivity contribution in [3.05, 3.63) is 34.9 Å². The Labute approximate surface area is 341 Å². The van der Waals surface area contributed by atoms with Crippen LogP contribution in [0, 0.1) is 0 Å². The molecule has 9 heteroatoms. The van der Waals surface area contributed by atoms with Gasteiger partial charge in [-0.2, -0.15) is 37.0 Å². The van der Waals surface area contributed by atoms with Crippen LogP contribution in [0.4, 0.5) is 0 Å². The maximum atomic E-state index is 11.9. The van der Waals surface area contributed by atoms with Gasteiger partial charge in [0.15, 0.2) is 5.12 Å². The van der Waals surface area contributed by atoms with Crippen molar-refractivity contribution in [2.24, 2.45) is 0 Å². The van der Waals surface area contributed by atoms with Crippen molar-refractivity contribution < 1.29 is 14.4 Å². The highest BCUT2D eigenvalue weighted by atomic mass is 32.2. The van der Waals surface area contributed by atoms with Crippen molar-refractivity contribution in [1.82, 2.24) is 10.6 Å².